The summed E-state index contributed by atoms with van der Waals surface area (Å²) in [4.78, 5) is 11.0. The molecule has 12 heavy (non-hydrogen) atoms. The number of hydrogen-bond acceptors (Lipinski definition) is 1. The Hall–Kier alpha value is -0.590. The summed E-state index contributed by atoms with van der Waals surface area (Å²) in [5.74, 6) is 0.829. The molecule has 0 aromatic rings. The molecule has 0 fully saturated rings. The van der Waals surface area contributed by atoms with E-state index in [0.29, 0.717) is 5.92 Å². The fourth-order valence-electron chi connectivity index (χ4n) is 1.01. The van der Waals surface area contributed by atoms with Crippen LogP contribution in [0.1, 0.15) is 40.5 Å². The summed E-state index contributed by atoms with van der Waals surface area (Å²) >= 11 is 0. The van der Waals surface area contributed by atoms with Crippen molar-refractivity contribution in [1.82, 2.24) is 0 Å². The largest absolute Gasteiger partial charge is 0.300 e. The quantitative estimate of drug-likeness (QED) is 0.576. The number of Topliss-reactive ketones (excluding diaryl/α,β-unsaturated/α-hetero) is 1. The van der Waals surface area contributed by atoms with Crippen LogP contribution in [0.3, 0.4) is 0 Å². The summed E-state index contributed by atoms with van der Waals surface area (Å²) in [7, 11) is 0. The number of ketones is 1. The SMILES string of the molecule is CCC/C=C/C(C)C(C)C(C)=O. The maximum atomic E-state index is 11.0. The molecule has 0 saturated carbocycles. The molecule has 0 radical (unpaired) electrons. The van der Waals surface area contributed by atoms with Gasteiger partial charge in [0.15, 0.2) is 0 Å². The molecular weight excluding hydrogens is 148 g/mol. The summed E-state index contributed by atoms with van der Waals surface area (Å²) in [6.07, 6.45) is 6.62. The van der Waals surface area contributed by atoms with Gasteiger partial charge in [0, 0.05) is 5.92 Å². The lowest BCUT2D eigenvalue weighted by Gasteiger charge is -2.12. The molecule has 1 heteroatoms. The van der Waals surface area contributed by atoms with Gasteiger partial charge < -0.3 is 0 Å². The standard InChI is InChI=1S/C11H20O/c1-5-6-7-8-9(2)10(3)11(4)12/h7-10H,5-6H2,1-4H3/b8-7+. The Bertz CT molecular complexity index is 158. The van der Waals surface area contributed by atoms with Gasteiger partial charge in [-0.05, 0) is 19.3 Å². The van der Waals surface area contributed by atoms with Crippen LogP contribution < -0.4 is 0 Å². The summed E-state index contributed by atoms with van der Waals surface area (Å²) in [5, 5.41) is 0. The third-order valence-corrected chi connectivity index (χ3v) is 2.32. The van der Waals surface area contributed by atoms with Crippen molar-refractivity contribution in [2.45, 2.75) is 40.5 Å². The van der Waals surface area contributed by atoms with E-state index in [-0.39, 0.29) is 11.7 Å². The zero-order valence-electron chi connectivity index (χ0n) is 8.63. The van der Waals surface area contributed by atoms with Crippen LogP contribution in [-0.4, -0.2) is 5.78 Å². The molecule has 0 aliphatic rings. The summed E-state index contributed by atoms with van der Waals surface area (Å²) in [6.45, 7) is 7.90. The molecule has 0 aliphatic carbocycles. The van der Waals surface area contributed by atoms with Gasteiger partial charge in [-0.2, -0.15) is 0 Å². The number of rotatable bonds is 5. The van der Waals surface area contributed by atoms with Gasteiger partial charge in [-0.25, -0.2) is 0 Å². The molecule has 70 valence electrons. The third-order valence-electron chi connectivity index (χ3n) is 2.32. The van der Waals surface area contributed by atoms with Crippen molar-refractivity contribution in [3.8, 4) is 0 Å². The van der Waals surface area contributed by atoms with Crippen LogP contribution in [0.5, 0.6) is 0 Å². The van der Waals surface area contributed by atoms with Crippen LogP contribution in [0.15, 0.2) is 12.2 Å². The minimum Gasteiger partial charge on any atom is -0.300 e. The second-order valence-corrected chi connectivity index (χ2v) is 3.48. The number of allylic oxidation sites excluding steroid dienone is 2. The van der Waals surface area contributed by atoms with Gasteiger partial charge in [-0.3, -0.25) is 4.79 Å². The Morgan fingerprint density at radius 1 is 1.42 bits per heavy atom. The van der Waals surface area contributed by atoms with E-state index in [1.54, 1.807) is 6.92 Å². The number of carbonyl (C=O) groups is 1. The van der Waals surface area contributed by atoms with Crippen molar-refractivity contribution in [2.24, 2.45) is 11.8 Å². The number of hydrogen-bond donors (Lipinski definition) is 0. The molecule has 0 heterocycles. The smallest absolute Gasteiger partial charge is 0.133 e. The van der Waals surface area contributed by atoms with E-state index in [4.69, 9.17) is 0 Å². The highest BCUT2D eigenvalue weighted by Gasteiger charge is 2.12. The van der Waals surface area contributed by atoms with Crippen molar-refractivity contribution in [3.63, 3.8) is 0 Å². The van der Waals surface area contributed by atoms with E-state index >= 15 is 0 Å². The van der Waals surface area contributed by atoms with E-state index in [2.05, 4.69) is 26.0 Å². The van der Waals surface area contributed by atoms with Crippen LogP contribution in [0.2, 0.25) is 0 Å². The van der Waals surface area contributed by atoms with E-state index in [0.717, 1.165) is 6.42 Å². The van der Waals surface area contributed by atoms with Crippen molar-refractivity contribution in [2.75, 3.05) is 0 Å². The third kappa shape index (κ3) is 4.32. The fourth-order valence-corrected chi connectivity index (χ4v) is 1.01. The number of carbonyl (C=O) groups excluding carboxylic acids is 1. The second-order valence-electron chi connectivity index (χ2n) is 3.48. The first-order valence-electron chi connectivity index (χ1n) is 4.76. The lowest BCUT2D eigenvalue weighted by atomic mass is 9.92. The van der Waals surface area contributed by atoms with E-state index in [1.165, 1.54) is 6.42 Å². The average Bonchev–Trinajstić information content (AvgIpc) is 2.03. The van der Waals surface area contributed by atoms with E-state index < -0.39 is 0 Å². The lowest BCUT2D eigenvalue weighted by Crippen LogP contribution is -2.13. The van der Waals surface area contributed by atoms with E-state index in [1.807, 2.05) is 6.92 Å². The minimum atomic E-state index is 0.165. The van der Waals surface area contributed by atoms with Gasteiger partial charge in [-0.15, -0.1) is 0 Å². The topological polar surface area (TPSA) is 17.1 Å². The highest BCUT2D eigenvalue weighted by Crippen LogP contribution is 2.13. The molecule has 2 unspecified atom stereocenters. The Morgan fingerprint density at radius 3 is 2.42 bits per heavy atom. The van der Waals surface area contributed by atoms with Crippen molar-refractivity contribution in [1.29, 1.82) is 0 Å². The summed E-state index contributed by atoms with van der Waals surface area (Å²) < 4.78 is 0. The molecule has 0 spiro atoms. The molecule has 0 amide bonds. The predicted octanol–water partition coefficient (Wildman–Crippen LogP) is 3.20. The van der Waals surface area contributed by atoms with Crippen LogP contribution in [0.4, 0.5) is 0 Å². The van der Waals surface area contributed by atoms with Crippen LogP contribution in [-0.2, 0) is 4.79 Å². The lowest BCUT2D eigenvalue weighted by molar-refractivity contribution is -0.121. The van der Waals surface area contributed by atoms with Gasteiger partial charge in [0.2, 0.25) is 0 Å². The zero-order valence-corrected chi connectivity index (χ0v) is 8.63. The first-order chi connectivity index (χ1) is 5.59. The molecule has 0 rings (SSSR count). The average molecular weight is 168 g/mol. The maximum Gasteiger partial charge on any atom is 0.133 e. The fraction of sp³-hybridized carbons (Fsp3) is 0.727. The normalized spacial score (nSPS) is 16.3. The zero-order chi connectivity index (χ0) is 9.56. The Morgan fingerprint density at radius 2 is 2.00 bits per heavy atom. The molecule has 2 atom stereocenters. The molecule has 0 aromatic heterocycles. The van der Waals surface area contributed by atoms with Crippen LogP contribution >= 0.6 is 0 Å². The highest BCUT2D eigenvalue weighted by molar-refractivity contribution is 5.78. The Labute approximate surface area is 75.9 Å². The van der Waals surface area contributed by atoms with Crippen molar-refractivity contribution in [3.05, 3.63) is 12.2 Å². The predicted molar refractivity (Wildman–Crippen MR) is 53.1 cm³/mol. The molecular formula is C11H20O. The van der Waals surface area contributed by atoms with Gasteiger partial charge in [0.05, 0.1) is 0 Å². The molecule has 0 bridgehead atoms. The molecule has 0 saturated heterocycles. The monoisotopic (exact) mass is 168 g/mol. The van der Waals surface area contributed by atoms with Gasteiger partial charge >= 0.3 is 0 Å². The van der Waals surface area contributed by atoms with Crippen molar-refractivity contribution < 1.29 is 4.79 Å². The van der Waals surface area contributed by atoms with Crippen LogP contribution in [0.25, 0.3) is 0 Å². The first kappa shape index (κ1) is 11.4. The summed E-state index contributed by atoms with van der Waals surface area (Å²) in [5.41, 5.74) is 0. The molecule has 1 nitrogen and oxygen atoms in total. The summed E-state index contributed by atoms with van der Waals surface area (Å²) in [6, 6.07) is 0. The van der Waals surface area contributed by atoms with Crippen LogP contribution in [0, 0.1) is 11.8 Å². The second kappa shape index (κ2) is 5.99. The van der Waals surface area contributed by atoms with Gasteiger partial charge in [0.1, 0.15) is 5.78 Å². The van der Waals surface area contributed by atoms with Gasteiger partial charge in [0.25, 0.3) is 0 Å². The first-order valence-corrected chi connectivity index (χ1v) is 4.76. The minimum absolute atomic E-state index is 0.165. The molecule has 0 N–H and O–H groups in total. The Kier molecular flexibility index (Phi) is 5.69. The maximum absolute atomic E-state index is 11.0. The number of unbranched alkanes of at least 4 members (excludes halogenated alkanes) is 1. The van der Waals surface area contributed by atoms with E-state index in [9.17, 15) is 4.79 Å². The molecule has 0 aromatic carbocycles. The van der Waals surface area contributed by atoms with Gasteiger partial charge in [-0.1, -0.05) is 39.3 Å². The Balaban J connectivity index is 3.85. The van der Waals surface area contributed by atoms with Crippen molar-refractivity contribution >= 4 is 5.78 Å². The highest BCUT2D eigenvalue weighted by atomic mass is 16.1. The molecule has 0 aliphatic heterocycles.